The summed E-state index contributed by atoms with van der Waals surface area (Å²) in [6, 6.07) is 1.56. The molecule has 3 N–H and O–H groups in total. The molecule has 1 saturated heterocycles. The first kappa shape index (κ1) is 13.0. The van der Waals surface area contributed by atoms with Crippen LogP contribution in [0.5, 0.6) is 0 Å². The van der Waals surface area contributed by atoms with Crippen molar-refractivity contribution in [3.63, 3.8) is 0 Å². The Morgan fingerprint density at radius 1 is 1.50 bits per heavy atom. The van der Waals surface area contributed by atoms with Crippen LogP contribution < -0.4 is 11.1 Å². The SMILES string of the molecule is Cc1ccncc1C(C(N)=O)N1CCCNCC1. The van der Waals surface area contributed by atoms with Crippen molar-refractivity contribution in [2.24, 2.45) is 5.73 Å². The van der Waals surface area contributed by atoms with Gasteiger partial charge in [0.15, 0.2) is 0 Å². The molecule has 0 saturated carbocycles. The maximum Gasteiger partial charge on any atom is 0.239 e. The van der Waals surface area contributed by atoms with Crippen LogP contribution in [0.3, 0.4) is 0 Å². The number of hydrogen-bond donors (Lipinski definition) is 2. The molecule has 0 aromatic carbocycles. The molecule has 1 aromatic heterocycles. The van der Waals surface area contributed by atoms with E-state index in [1.165, 1.54) is 0 Å². The second-order valence-electron chi connectivity index (χ2n) is 4.68. The number of amides is 1. The van der Waals surface area contributed by atoms with Crippen LogP contribution in [-0.4, -0.2) is 42.0 Å². The van der Waals surface area contributed by atoms with Gasteiger partial charge in [-0.25, -0.2) is 0 Å². The monoisotopic (exact) mass is 248 g/mol. The number of aryl methyl sites for hydroxylation is 1. The van der Waals surface area contributed by atoms with E-state index in [1.807, 2.05) is 13.0 Å². The largest absolute Gasteiger partial charge is 0.368 e. The topological polar surface area (TPSA) is 71.2 Å². The molecule has 0 radical (unpaired) electrons. The third kappa shape index (κ3) is 2.86. The average molecular weight is 248 g/mol. The summed E-state index contributed by atoms with van der Waals surface area (Å²) in [5.41, 5.74) is 7.57. The number of rotatable bonds is 3. The van der Waals surface area contributed by atoms with Crippen molar-refractivity contribution in [2.45, 2.75) is 19.4 Å². The minimum Gasteiger partial charge on any atom is -0.368 e. The van der Waals surface area contributed by atoms with Gasteiger partial charge in [0.2, 0.25) is 5.91 Å². The van der Waals surface area contributed by atoms with Gasteiger partial charge in [0.1, 0.15) is 6.04 Å². The van der Waals surface area contributed by atoms with E-state index in [2.05, 4.69) is 15.2 Å². The predicted molar refractivity (Wildman–Crippen MR) is 70.0 cm³/mol. The van der Waals surface area contributed by atoms with Gasteiger partial charge in [-0.3, -0.25) is 14.7 Å². The van der Waals surface area contributed by atoms with E-state index in [1.54, 1.807) is 12.4 Å². The van der Waals surface area contributed by atoms with Gasteiger partial charge in [0.05, 0.1) is 0 Å². The standard InChI is InChI=1S/C13H20N4O/c1-10-3-5-16-9-11(10)12(13(14)18)17-7-2-4-15-6-8-17/h3,5,9,12,15H,2,4,6-8H2,1H3,(H2,14,18). The van der Waals surface area contributed by atoms with E-state index >= 15 is 0 Å². The molecular formula is C13H20N4O. The zero-order chi connectivity index (χ0) is 13.0. The lowest BCUT2D eigenvalue weighted by molar-refractivity contribution is -0.123. The van der Waals surface area contributed by atoms with E-state index in [0.29, 0.717) is 0 Å². The van der Waals surface area contributed by atoms with Crippen molar-refractivity contribution >= 4 is 5.91 Å². The van der Waals surface area contributed by atoms with E-state index < -0.39 is 0 Å². The Kier molecular flexibility index (Phi) is 4.28. The molecule has 0 bridgehead atoms. The number of aromatic nitrogens is 1. The molecular weight excluding hydrogens is 228 g/mol. The number of carbonyl (C=O) groups excluding carboxylic acids is 1. The van der Waals surface area contributed by atoms with Crippen LogP contribution in [0, 0.1) is 6.92 Å². The average Bonchev–Trinajstić information content (AvgIpc) is 2.60. The van der Waals surface area contributed by atoms with Crippen molar-refractivity contribution in [1.29, 1.82) is 0 Å². The summed E-state index contributed by atoms with van der Waals surface area (Å²) < 4.78 is 0. The first-order chi connectivity index (χ1) is 8.70. The Labute approximate surface area is 107 Å². The Morgan fingerprint density at radius 2 is 2.33 bits per heavy atom. The highest BCUT2D eigenvalue weighted by Gasteiger charge is 2.27. The third-order valence-electron chi connectivity index (χ3n) is 3.38. The molecule has 5 heteroatoms. The quantitative estimate of drug-likeness (QED) is 0.802. The van der Waals surface area contributed by atoms with Gasteiger partial charge in [0.25, 0.3) is 0 Å². The molecule has 1 amide bonds. The van der Waals surface area contributed by atoms with Crippen molar-refractivity contribution in [3.05, 3.63) is 29.6 Å². The molecule has 2 rings (SSSR count). The van der Waals surface area contributed by atoms with Gasteiger partial charge < -0.3 is 11.1 Å². The first-order valence-corrected chi connectivity index (χ1v) is 6.34. The number of pyridine rings is 1. The number of hydrogen-bond acceptors (Lipinski definition) is 4. The van der Waals surface area contributed by atoms with Gasteiger partial charge in [-0.15, -0.1) is 0 Å². The molecule has 0 aliphatic carbocycles. The fraction of sp³-hybridized carbons (Fsp3) is 0.538. The lowest BCUT2D eigenvalue weighted by atomic mass is 10.0. The first-order valence-electron chi connectivity index (χ1n) is 6.34. The van der Waals surface area contributed by atoms with Crippen LogP contribution in [0.4, 0.5) is 0 Å². The summed E-state index contributed by atoms with van der Waals surface area (Å²) in [7, 11) is 0. The van der Waals surface area contributed by atoms with E-state index in [0.717, 1.165) is 43.7 Å². The second-order valence-corrected chi connectivity index (χ2v) is 4.68. The highest BCUT2D eigenvalue weighted by Crippen LogP contribution is 2.23. The van der Waals surface area contributed by atoms with Crippen LogP contribution in [-0.2, 0) is 4.79 Å². The molecule has 1 unspecified atom stereocenters. The summed E-state index contributed by atoms with van der Waals surface area (Å²) in [6.07, 6.45) is 4.52. The van der Waals surface area contributed by atoms with Crippen LogP contribution >= 0.6 is 0 Å². The highest BCUT2D eigenvalue weighted by molar-refractivity contribution is 5.81. The molecule has 98 valence electrons. The van der Waals surface area contributed by atoms with Crippen LogP contribution in [0.1, 0.15) is 23.6 Å². The van der Waals surface area contributed by atoms with Crippen LogP contribution in [0.15, 0.2) is 18.5 Å². The molecule has 0 spiro atoms. The molecule has 5 nitrogen and oxygen atoms in total. The zero-order valence-electron chi connectivity index (χ0n) is 10.7. The summed E-state index contributed by atoms with van der Waals surface area (Å²) in [5.74, 6) is -0.298. The number of nitrogens with two attached hydrogens (primary N) is 1. The highest BCUT2D eigenvalue weighted by atomic mass is 16.1. The number of nitrogens with one attached hydrogen (secondary N) is 1. The van der Waals surface area contributed by atoms with Gasteiger partial charge in [0, 0.05) is 32.0 Å². The maximum absolute atomic E-state index is 11.8. The van der Waals surface area contributed by atoms with Gasteiger partial charge in [-0.1, -0.05) is 0 Å². The van der Waals surface area contributed by atoms with Gasteiger partial charge in [-0.2, -0.15) is 0 Å². The van der Waals surface area contributed by atoms with Crippen LogP contribution in [0.2, 0.25) is 0 Å². The Hall–Kier alpha value is -1.46. The fourth-order valence-electron chi connectivity index (χ4n) is 2.42. The molecule has 1 aliphatic rings. The van der Waals surface area contributed by atoms with E-state index in [-0.39, 0.29) is 11.9 Å². The third-order valence-corrected chi connectivity index (χ3v) is 3.38. The molecule has 1 atom stereocenters. The number of primary amides is 1. The van der Waals surface area contributed by atoms with Crippen molar-refractivity contribution < 1.29 is 4.79 Å². The maximum atomic E-state index is 11.8. The Balaban J connectivity index is 2.27. The molecule has 18 heavy (non-hydrogen) atoms. The fourth-order valence-corrected chi connectivity index (χ4v) is 2.42. The molecule has 1 aromatic rings. The van der Waals surface area contributed by atoms with Gasteiger partial charge >= 0.3 is 0 Å². The molecule has 2 heterocycles. The van der Waals surface area contributed by atoms with E-state index in [4.69, 9.17) is 5.73 Å². The van der Waals surface area contributed by atoms with Crippen molar-refractivity contribution in [1.82, 2.24) is 15.2 Å². The predicted octanol–water partition coefficient (Wildman–Crippen LogP) is 0.212. The molecule has 1 fully saturated rings. The normalized spacial score (nSPS) is 19.2. The summed E-state index contributed by atoms with van der Waals surface area (Å²) in [4.78, 5) is 18.1. The number of carbonyl (C=O) groups is 1. The summed E-state index contributed by atoms with van der Waals surface area (Å²) in [5, 5.41) is 3.33. The summed E-state index contributed by atoms with van der Waals surface area (Å²) >= 11 is 0. The second kappa shape index (κ2) is 5.93. The van der Waals surface area contributed by atoms with Gasteiger partial charge in [-0.05, 0) is 37.1 Å². The lowest BCUT2D eigenvalue weighted by Crippen LogP contribution is -2.40. The Morgan fingerprint density at radius 3 is 3.06 bits per heavy atom. The minimum absolute atomic E-state index is 0.298. The van der Waals surface area contributed by atoms with Crippen molar-refractivity contribution in [3.8, 4) is 0 Å². The number of nitrogens with zero attached hydrogens (tertiary/aromatic N) is 2. The minimum atomic E-state index is -0.362. The van der Waals surface area contributed by atoms with Crippen molar-refractivity contribution in [2.75, 3.05) is 26.2 Å². The summed E-state index contributed by atoms with van der Waals surface area (Å²) in [6.45, 7) is 5.59. The van der Waals surface area contributed by atoms with Crippen LogP contribution in [0.25, 0.3) is 0 Å². The zero-order valence-corrected chi connectivity index (χ0v) is 10.7. The Bertz CT molecular complexity index is 413. The smallest absolute Gasteiger partial charge is 0.239 e. The lowest BCUT2D eigenvalue weighted by Gasteiger charge is -2.28. The van der Waals surface area contributed by atoms with E-state index in [9.17, 15) is 4.79 Å². The molecule has 1 aliphatic heterocycles.